The van der Waals surface area contributed by atoms with Gasteiger partial charge in [0, 0.05) is 0 Å². The van der Waals surface area contributed by atoms with Gasteiger partial charge in [-0.25, -0.2) is 0 Å². The molecule has 20 heavy (non-hydrogen) atoms. The van der Waals surface area contributed by atoms with Crippen molar-refractivity contribution in [2.75, 3.05) is 6.61 Å². The monoisotopic (exact) mass is 276 g/mol. The van der Waals surface area contributed by atoms with Crippen LogP contribution in [-0.4, -0.2) is 24.6 Å². The Kier molecular flexibility index (Phi) is 4.48. The molecule has 0 bridgehead atoms. The van der Waals surface area contributed by atoms with Gasteiger partial charge in [0.1, 0.15) is 5.75 Å². The van der Waals surface area contributed by atoms with Crippen molar-refractivity contribution in [3.63, 3.8) is 0 Å². The first-order valence-electron chi connectivity index (χ1n) is 7.38. The van der Waals surface area contributed by atoms with Crippen molar-refractivity contribution < 1.29 is 14.3 Å². The van der Waals surface area contributed by atoms with Crippen molar-refractivity contribution in [1.82, 2.24) is 0 Å². The molecule has 110 valence electrons. The number of hydrogen-bond donors (Lipinski definition) is 0. The van der Waals surface area contributed by atoms with Crippen molar-refractivity contribution >= 4 is 5.78 Å². The summed E-state index contributed by atoms with van der Waals surface area (Å²) >= 11 is 0. The number of aryl methyl sites for hydroxylation is 1. The second-order valence-electron chi connectivity index (χ2n) is 5.73. The van der Waals surface area contributed by atoms with Gasteiger partial charge in [-0.05, 0) is 45.7 Å². The predicted molar refractivity (Wildman–Crippen MR) is 79.3 cm³/mol. The fourth-order valence-corrected chi connectivity index (χ4v) is 3.02. The van der Waals surface area contributed by atoms with Crippen LogP contribution in [0.25, 0.3) is 0 Å². The van der Waals surface area contributed by atoms with E-state index in [2.05, 4.69) is 6.92 Å². The van der Waals surface area contributed by atoms with E-state index in [1.54, 1.807) is 0 Å². The maximum atomic E-state index is 12.9. The van der Waals surface area contributed by atoms with Gasteiger partial charge >= 0.3 is 0 Å². The third-order valence-electron chi connectivity index (χ3n) is 4.25. The number of ether oxygens (including phenoxy) is 2. The van der Waals surface area contributed by atoms with E-state index < -0.39 is 0 Å². The molecule has 0 aliphatic carbocycles. The molecule has 2 rings (SSSR count). The summed E-state index contributed by atoms with van der Waals surface area (Å²) in [4.78, 5) is 12.9. The highest BCUT2D eigenvalue weighted by atomic mass is 16.5. The lowest BCUT2D eigenvalue weighted by molar-refractivity contribution is 0.0490. The van der Waals surface area contributed by atoms with Crippen molar-refractivity contribution in [1.29, 1.82) is 0 Å². The molecule has 3 nitrogen and oxygen atoms in total. The van der Waals surface area contributed by atoms with Crippen LogP contribution in [0.5, 0.6) is 5.75 Å². The Morgan fingerprint density at radius 3 is 2.50 bits per heavy atom. The molecule has 1 saturated heterocycles. The van der Waals surface area contributed by atoms with Gasteiger partial charge in [0.15, 0.2) is 5.78 Å². The molecule has 4 unspecified atom stereocenters. The zero-order chi connectivity index (χ0) is 14.9. The van der Waals surface area contributed by atoms with Gasteiger partial charge in [0.25, 0.3) is 0 Å². The van der Waals surface area contributed by atoms with E-state index in [0.717, 1.165) is 5.56 Å². The topological polar surface area (TPSA) is 35.5 Å². The first kappa shape index (κ1) is 15.0. The Morgan fingerprint density at radius 1 is 1.25 bits per heavy atom. The van der Waals surface area contributed by atoms with Crippen molar-refractivity contribution in [2.24, 2.45) is 11.8 Å². The molecular formula is C17H24O3. The van der Waals surface area contributed by atoms with E-state index in [-0.39, 0.29) is 29.8 Å². The average molecular weight is 276 g/mol. The maximum absolute atomic E-state index is 12.9. The first-order valence-corrected chi connectivity index (χ1v) is 7.38. The number of hydrogen-bond acceptors (Lipinski definition) is 3. The van der Waals surface area contributed by atoms with Crippen LogP contribution < -0.4 is 4.74 Å². The van der Waals surface area contributed by atoms with E-state index in [4.69, 9.17) is 9.47 Å². The molecule has 4 atom stereocenters. The normalized spacial score (nSPS) is 29.4. The number of carbonyl (C=O) groups is 1. The molecule has 0 radical (unpaired) electrons. The lowest BCUT2D eigenvalue weighted by Crippen LogP contribution is -2.27. The Morgan fingerprint density at radius 2 is 1.95 bits per heavy atom. The lowest BCUT2D eigenvalue weighted by atomic mass is 9.83. The Hall–Kier alpha value is -1.35. The average Bonchev–Trinajstić information content (AvgIpc) is 2.65. The molecule has 0 amide bonds. The minimum atomic E-state index is -0.0917. The Labute approximate surface area is 121 Å². The zero-order valence-corrected chi connectivity index (χ0v) is 13.0. The molecule has 1 aliphatic heterocycles. The van der Waals surface area contributed by atoms with Crippen LogP contribution in [0.15, 0.2) is 18.2 Å². The van der Waals surface area contributed by atoms with Crippen LogP contribution in [0, 0.1) is 18.8 Å². The third-order valence-corrected chi connectivity index (χ3v) is 4.25. The lowest BCUT2D eigenvalue weighted by Gasteiger charge is -2.19. The standard InChI is InChI=1S/C17H24O3/c1-6-19-15-8-7-10(2)9-14(15)17(18)16-11(3)12(4)20-13(16)5/h7-9,11-13,16H,6H2,1-5H3. The number of rotatable bonds is 4. The molecule has 1 aromatic carbocycles. The van der Waals surface area contributed by atoms with Crippen molar-refractivity contribution in [2.45, 2.75) is 46.8 Å². The molecular weight excluding hydrogens is 252 g/mol. The zero-order valence-electron chi connectivity index (χ0n) is 13.0. The second kappa shape index (κ2) is 5.96. The Bertz CT molecular complexity index is 495. The molecule has 1 heterocycles. The second-order valence-corrected chi connectivity index (χ2v) is 5.73. The summed E-state index contributed by atoms with van der Waals surface area (Å²) in [6, 6.07) is 5.79. The quantitative estimate of drug-likeness (QED) is 0.788. The fraction of sp³-hybridized carbons (Fsp3) is 0.588. The largest absolute Gasteiger partial charge is 0.493 e. The van der Waals surface area contributed by atoms with Gasteiger partial charge in [0.05, 0.1) is 30.3 Å². The summed E-state index contributed by atoms with van der Waals surface area (Å²) in [5.41, 5.74) is 1.76. The van der Waals surface area contributed by atoms with E-state index in [1.165, 1.54) is 0 Å². The summed E-state index contributed by atoms with van der Waals surface area (Å²) in [6.07, 6.45) is 0.0850. The molecule has 0 saturated carbocycles. The molecule has 1 aliphatic rings. The molecule has 0 spiro atoms. The summed E-state index contributed by atoms with van der Waals surface area (Å²) in [5, 5.41) is 0. The third kappa shape index (κ3) is 2.73. The van der Waals surface area contributed by atoms with E-state index in [9.17, 15) is 4.79 Å². The van der Waals surface area contributed by atoms with Crippen LogP contribution in [0.3, 0.4) is 0 Å². The van der Waals surface area contributed by atoms with Crippen LogP contribution in [0.4, 0.5) is 0 Å². The van der Waals surface area contributed by atoms with Crippen LogP contribution >= 0.6 is 0 Å². The predicted octanol–water partition coefficient (Wildman–Crippen LogP) is 3.64. The van der Waals surface area contributed by atoms with Crippen molar-refractivity contribution in [3.8, 4) is 5.75 Å². The van der Waals surface area contributed by atoms with Gasteiger partial charge in [0.2, 0.25) is 0 Å². The Balaban J connectivity index is 2.35. The van der Waals surface area contributed by atoms with E-state index >= 15 is 0 Å². The van der Waals surface area contributed by atoms with E-state index in [0.29, 0.717) is 17.9 Å². The summed E-state index contributed by atoms with van der Waals surface area (Å²) < 4.78 is 11.4. The van der Waals surface area contributed by atoms with Gasteiger partial charge < -0.3 is 9.47 Å². The number of benzene rings is 1. The first-order chi connectivity index (χ1) is 9.45. The van der Waals surface area contributed by atoms with E-state index in [1.807, 2.05) is 45.9 Å². The highest BCUT2D eigenvalue weighted by molar-refractivity contribution is 6.01. The molecule has 3 heteroatoms. The van der Waals surface area contributed by atoms with Gasteiger partial charge in [-0.3, -0.25) is 4.79 Å². The minimum Gasteiger partial charge on any atom is -0.493 e. The van der Waals surface area contributed by atoms with Crippen LogP contribution in [-0.2, 0) is 4.74 Å². The SMILES string of the molecule is CCOc1ccc(C)cc1C(=O)C1C(C)OC(C)C1C. The molecule has 0 aromatic heterocycles. The van der Waals surface area contributed by atoms with Crippen LogP contribution in [0.2, 0.25) is 0 Å². The summed E-state index contributed by atoms with van der Waals surface area (Å²) in [7, 11) is 0. The van der Waals surface area contributed by atoms with Crippen molar-refractivity contribution in [3.05, 3.63) is 29.3 Å². The molecule has 1 fully saturated rings. The number of Topliss-reactive ketones (excluding diaryl/α,β-unsaturated/α-hetero) is 1. The van der Waals surface area contributed by atoms with Gasteiger partial charge in [-0.15, -0.1) is 0 Å². The number of carbonyl (C=O) groups excluding carboxylic acids is 1. The minimum absolute atomic E-state index is 0.0394. The molecule has 1 aromatic rings. The maximum Gasteiger partial charge on any atom is 0.172 e. The van der Waals surface area contributed by atoms with Crippen LogP contribution in [0.1, 0.15) is 43.6 Å². The number of ketones is 1. The fourth-order valence-electron chi connectivity index (χ4n) is 3.02. The highest BCUT2D eigenvalue weighted by Crippen LogP contribution is 2.36. The summed E-state index contributed by atoms with van der Waals surface area (Å²) in [6.45, 7) is 10.6. The molecule has 0 N–H and O–H groups in total. The van der Waals surface area contributed by atoms with Gasteiger partial charge in [-0.2, -0.15) is 0 Å². The summed E-state index contributed by atoms with van der Waals surface area (Å²) in [5.74, 6) is 0.960. The van der Waals surface area contributed by atoms with Gasteiger partial charge in [-0.1, -0.05) is 18.6 Å². The highest BCUT2D eigenvalue weighted by Gasteiger charge is 2.42. The smallest absolute Gasteiger partial charge is 0.172 e.